The van der Waals surface area contributed by atoms with Crippen molar-refractivity contribution in [3.63, 3.8) is 0 Å². The maximum absolute atomic E-state index is 11.6. The molecule has 0 radical (unpaired) electrons. The quantitative estimate of drug-likeness (QED) is 0.578. The van der Waals surface area contributed by atoms with E-state index in [1.165, 1.54) is 6.20 Å². The highest BCUT2D eigenvalue weighted by molar-refractivity contribution is 14.1. The van der Waals surface area contributed by atoms with E-state index in [2.05, 4.69) is 4.98 Å². The van der Waals surface area contributed by atoms with Crippen LogP contribution in [0.25, 0.3) is 0 Å². The average Bonchev–Trinajstić information content (AvgIpc) is 2.65. The summed E-state index contributed by atoms with van der Waals surface area (Å²) in [6.07, 6.45) is -0.665. The fraction of sp³-hybridized carbons (Fsp3) is 0.556. The van der Waals surface area contributed by atoms with Gasteiger partial charge in [0.05, 0.1) is 16.3 Å². The number of hydrogen-bond donors (Lipinski definition) is 3. The molecule has 2 rings (SSSR count). The molecule has 1 aromatic heterocycles. The second kappa shape index (κ2) is 4.88. The first-order valence-corrected chi connectivity index (χ1v) is 6.06. The van der Waals surface area contributed by atoms with E-state index in [1.807, 2.05) is 0 Å². The van der Waals surface area contributed by atoms with Crippen LogP contribution in [0.4, 0.5) is 0 Å². The number of H-pyrrole nitrogens is 1. The van der Waals surface area contributed by atoms with Crippen LogP contribution in [0.1, 0.15) is 12.6 Å². The van der Waals surface area contributed by atoms with Gasteiger partial charge in [-0.2, -0.15) is 0 Å². The Morgan fingerprint density at radius 1 is 1.59 bits per heavy atom. The van der Waals surface area contributed by atoms with Gasteiger partial charge in [0, 0.05) is 12.6 Å². The zero-order valence-corrected chi connectivity index (χ0v) is 10.8. The Morgan fingerprint density at radius 2 is 2.29 bits per heavy atom. The van der Waals surface area contributed by atoms with Crippen molar-refractivity contribution >= 4 is 22.6 Å². The summed E-state index contributed by atoms with van der Waals surface area (Å²) in [6, 6.07) is 0. The van der Waals surface area contributed by atoms with Gasteiger partial charge in [-0.05, 0) is 22.6 Å². The van der Waals surface area contributed by atoms with Gasteiger partial charge in [-0.25, -0.2) is 4.79 Å². The summed E-state index contributed by atoms with van der Waals surface area (Å²) in [4.78, 5) is 24.9. The maximum atomic E-state index is 11.6. The first-order chi connectivity index (χ1) is 8.02. The molecule has 0 saturated carbocycles. The van der Waals surface area contributed by atoms with Gasteiger partial charge >= 0.3 is 5.69 Å². The summed E-state index contributed by atoms with van der Waals surface area (Å²) in [7, 11) is 0. The number of aromatic amines is 1. The Labute approximate surface area is 109 Å². The molecule has 1 aromatic rings. The molecule has 0 amide bonds. The van der Waals surface area contributed by atoms with Gasteiger partial charge in [-0.15, -0.1) is 0 Å². The minimum Gasteiger partial charge on any atom is -0.394 e. The van der Waals surface area contributed by atoms with E-state index in [9.17, 15) is 14.7 Å². The largest absolute Gasteiger partial charge is 0.394 e. The molecule has 0 spiro atoms. The fourth-order valence-electron chi connectivity index (χ4n) is 1.75. The predicted octanol–water partition coefficient (Wildman–Crippen LogP) is -1.22. The molecule has 1 aliphatic heterocycles. The summed E-state index contributed by atoms with van der Waals surface area (Å²) in [5, 5.41) is 18.7. The van der Waals surface area contributed by atoms with Crippen LogP contribution >= 0.6 is 22.6 Å². The molecule has 2 heterocycles. The van der Waals surface area contributed by atoms with Crippen LogP contribution in [0.2, 0.25) is 0 Å². The van der Waals surface area contributed by atoms with Gasteiger partial charge in [-0.1, -0.05) is 0 Å². The van der Waals surface area contributed by atoms with Gasteiger partial charge in [-0.3, -0.25) is 14.3 Å². The van der Waals surface area contributed by atoms with E-state index in [1.54, 1.807) is 22.6 Å². The summed E-state index contributed by atoms with van der Waals surface area (Å²) in [5.41, 5.74) is -1.11. The summed E-state index contributed by atoms with van der Waals surface area (Å²) >= 11 is 1.78. The molecular formula is C9H11IN2O5. The van der Waals surface area contributed by atoms with Crippen LogP contribution in [0.3, 0.4) is 0 Å². The highest BCUT2D eigenvalue weighted by Crippen LogP contribution is 2.27. The number of aliphatic hydroxyl groups is 2. The van der Waals surface area contributed by atoms with Gasteiger partial charge < -0.3 is 14.9 Å². The lowest BCUT2D eigenvalue weighted by molar-refractivity contribution is -0.0531. The minimum atomic E-state index is -0.883. The molecule has 3 N–H and O–H groups in total. The lowest BCUT2D eigenvalue weighted by atomic mass is 10.2. The first kappa shape index (κ1) is 12.7. The second-order valence-corrected chi connectivity index (χ2v) is 4.94. The summed E-state index contributed by atoms with van der Waals surface area (Å²) in [6.45, 7) is -0.219. The predicted molar refractivity (Wildman–Crippen MR) is 65.7 cm³/mol. The van der Waals surface area contributed by atoms with Gasteiger partial charge in [0.15, 0.2) is 6.23 Å². The number of ether oxygens (including phenoxy) is 1. The van der Waals surface area contributed by atoms with E-state index < -0.39 is 29.7 Å². The number of aromatic nitrogens is 2. The van der Waals surface area contributed by atoms with Gasteiger partial charge in [0.25, 0.3) is 5.56 Å². The van der Waals surface area contributed by atoms with Crippen molar-refractivity contribution in [3.05, 3.63) is 30.6 Å². The molecule has 17 heavy (non-hydrogen) atoms. The summed E-state index contributed by atoms with van der Waals surface area (Å²) in [5.74, 6) is 0. The van der Waals surface area contributed by atoms with Gasteiger partial charge in [0.1, 0.15) is 6.10 Å². The highest BCUT2D eigenvalue weighted by Gasteiger charge is 2.35. The molecule has 1 aliphatic rings. The van der Waals surface area contributed by atoms with Crippen LogP contribution < -0.4 is 11.2 Å². The van der Waals surface area contributed by atoms with E-state index in [0.717, 1.165) is 4.57 Å². The van der Waals surface area contributed by atoms with Crippen molar-refractivity contribution < 1.29 is 14.9 Å². The van der Waals surface area contributed by atoms with E-state index in [-0.39, 0.29) is 13.0 Å². The normalized spacial score (nSPS) is 28.5. The fourth-order valence-corrected chi connectivity index (χ4v) is 2.18. The number of rotatable bonds is 2. The molecule has 3 atom stereocenters. The molecule has 8 heteroatoms. The van der Waals surface area contributed by atoms with Crippen LogP contribution in [-0.2, 0) is 4.74 Å². The Morgan fingerprint density at radius 3 is 2.88 bits per heavy atom. The Bertz CT molecular complexity index is 525. The number of halogens is 1. The van der Waals surface area contributed by atoms with Crippen molar-refractivity contribution in [3.8, 4) is 0 Å². The van der Waals surface area contributed by atoms with E-state index in [4.69, 9.17) is 9.84 Å². The topological polar surface area (TPSA) is 105 Å². The SMILES string of the molecule is O=c1[nH]c(=O)n(C2O[C@H](CO)C[C@H]2O)cc1I. The summed E-state index contributed by atoms with van der Waals surface area (Å²) < 4.78 is 6.78. The van der Waals surface area contributed by atoms with Crippen molar-refractivity contribution in [1.82, 2.24) is 9.55 Å². The monoisotopic (exact) mass is 354 g/mol. The van der Waals surface area contributed by atoms with Crippen molar-refractivity contribution in [2.75, 3.05) is 6.61 Å². The lowest BCUT2D eigenvalue weighted by Gasteiger charge is -2.17. The number of hydrogen-bond acceptors (Lipinski definition) is 5. The third kappa shape index (κ3) is 2.44. The second-order valence-electron chi connectivity index (χ2n) is 3.78. The zero-order valence-electron chi connectivity index (χ0n) is 8.67. The molecule has 1 fully saturated rings. The van der Waals surface area contributed by atoms with Crippen LogP contribution in [-0.4, -0.2) is 38.6 Å². The molecule has 0 aliphatic carbocycles. The third-order valence-electron chi connectivity index (χ3n) is 2.57. The standard InChI is InChI=1S/C9H11IN2O5/c10-5-2-12(9(16)11-7(5)15)8-6(14)1-4(3-13)17-8/h2,4,6,8,13-14H,1,3H2,(H,11,15,16)/t4-,6+,8?/m0/s1. The number of nitrogens with one attached hydrogen (secondary N) is 1. The molecular weight excluding hydrogens is 343 g/mol. The number of nitrogens with zero attached hydrogens (tertiary/aromatic N) is 1. The Hall–Kier alpha value is -0.710. The third-order valence-corrected chi connectivity index (χ3v) is 3.34. The zero-order chi connectivity index (χ0) is 12.6. The van der Waals surface area contributed by atoms with Crippen LogP contribution in [0.15, 0.2) is 15.8 Å². The van der Waals surface area contributed by atoms with Gasteiger partial charge in [0.2, 0.25) is 0 Å². The lowest BCUT2D eigenvalue weighted by Crippen LogP contribution is -2.36. The smallest absolute Gasteiger partial charge is 0.330 e. The highest BCUT2D eigenvalue weighted by atomic mass is 127. The Kier molecular flexibility index (Phi) is 3.66. The molecule has 1 unspecified atom stereocenters. The minimum absolute atomic E-state index is 0.219. The Balaban J connectivity index is 2.38. The molecule has 1 saturated heterocycles. The maximum Gasteiger partial charge on any atom is 0.330 e. The van der Waals surface area contributed by atoms with Crippen LogP contribution in [0, 0.1) is 3.57 Å². The molecule has 7 nitrogen and oxygen atoms in total. The average molecular weight is 354 g/mol. The van der Waals surface area contributed by atoms with E-state index in [0.29, 0.717) is 3.57 Å². The molecule has 0 bridgehead atoms. The van der Waals surface area contributed by atoms with Crippen LogP contribution in [0.5, 0.6) is 0 Å². The van der Waals surface area contributed by atoms with Crippen molar-refractivity contribution in [1.29, 1.82) is 0 Å². The van der Waals surface area contributed by atoms with E-state index >= 15 is 0 Å². The molecule has 0 aromatic carbocycles. The number of aliphatic hydroxyl groups excluding tert-OH is 2. The first-order valence-electron chi connectivity index (χ1n) is 4.98. The van der Waals surface area contributed by atoms with Crippen molar-refractivity contribution in [2.24, 2.45) is 0 Å². The molecule has 94 valence electrons. The van der Waals surface area contributed by atoms with Crippen molar-refractivity contribution in [2.45, 2.75) is 24.9 Å².